The maximum Gasteiger partial charge on any atom is 0.247 e. The summed E-state index contributed by atoms with van der Waals surface area (Å²) in [5.74, 6) is 0.00707. The fourth-order valence-corrected chi connectivity index (χ4v) is 2.40. The van der Waals surface area contributed by atoms with Gasteiger partial charge in [-0.1, -0.05) is 13.8 Å². The van der Waals surface area contributed by atoms with E-state index in [2.05, 4.69) is 15.3 Å². The molecule has 1 amide bonds. The molecule has 1 heterocycles. The molecule has 0 saturated heterocycles. The van der Waals surface area contributed by atoms with Gasteiger partial charge in [0.15, 0.2) is 0 Å². The molecule has 0 bridgehead atoms. The van der Waals surface area contributed by atoms with Crippen molar-refractivity contribution in [3.63, 3.8) is 0 Å². The Morgan fingerprint density at radius 2 is 2.16 bits per heavy atom. The number of hydrogen-bond donors (Lipinski definition) is 2. The number of amides is 1. The Kier molecular flexibility index (Phi) is 3.56. The third-order valence-corrected chi connectivity index (χ3v) is 4.03. The summed E-state index contributed by atoms with van der Waals surface area (Å²) in [4.78, 5) is 20.2. The van der Waals surface area contributed by atoms with Gasteiger partial charge in [0.25, 0.3) is 0 Å². The number of aromatic nitrogens is 2. The van der Waals surface area contributed by atoms with E-state index in [9.17, 15) is 4.79 Å². The van der Waals surface area contributed by atoms with Gasteiger partial charge in [-0.25, -0.2) is 9.97 Å². The standard InChI is InChI=1S/C13H20N4O2/c1-4-19-9-8-13(14,12(9,2)3)10(18)17-11-15-6-5-7-16-11/h5-7,9H,4,8,14H2,1-3H3,(H,15,16,17,18). The van der Waals surface area contributed by atoms with Crippen molar-refractivity contribution in [3.05, 3.63) is 18.5 Å². The van der Waals surface area contributed by atoms with Gasteiger partial charge in [-0.2, -0.15) is 0 Å². The van der Waals surface area contributed by atoms with Crippen LogP contribution in [0.5, 0.6) is 0 Å². The van der Waals surface area contributed by atoms with Crippen LogP contribution in [0, 0.1) is 5.41 Å². The maximum atomic E-state index is 12.3. The van der Waals surface area contributed by atoms with Crippen LogP contribution in [0.25, 0.3) is 0 Å². The number of hydrogen-bond acceptors (Lipinski definition) is 5. The molecule has 1 aliphatic rings. The lowest BCUT2D eigenvalue weighted by Crippen LogP contribution is -2.74. The fraction of sp³-hybridized carbons (Fsp3) is 0.615. The molecule has 1 aliphatic carbocycles. The summed E-state index contributed by atoms with van der Waals surface area (Å²) >= 11 is 0. The normalized spacial score (nSPS) is 28.5. The number of carbonyl (C=O) groups is 1. The predicted molar refractivity (Wildman–Crippen MR) is 71.4 cm³/mol. The van der Waals surface area contributed by atoms with Crippen molar-refractivity contribution in [2.45, 2.75) is 38.8 Å². The SMILES string of the molecule is CCOC1CC(N)(C(=O)Nc2ncccn2)C1(C)C. The molecule has 1 aromatic rings. The van der Waals surface area contributed by atoms with E-state index < -0.39 is 11.0 Å². The van der Waals surface area contributed by atoms with Crippen LogP contribution in [-0.2, 0) is 9.53 Å². The molecular weight excluding hydrogens is 244 g/mol. The minimum atomic E-state index is -0.952. The van der Waals surface area contributed by atoms with Crippen LogP contribution >= 0.6 is 0 Å². The quantitative estimate of drug-likeness (QED) is 0.845. The molecule has 2 unspecified atom stereocenters. The van der Waals surface area contributed by atoms with Crippen molar-refractivity contribution in [2.24, 2.45) is 11.1 Å². The number of nitrogens with two attached hydrogens (primary N) is 1. The third kappa shape index (κ3) is 2.21. The molecule has 2 rings (SSSR count). The zero-order valence-corrected chi connectivity index (χ0v) is 11.5. The second kappa shape index (κ2) is 4.86. The predicted octanol–water partition coefficient (Wildman–Crippen LogP) is 0.948. The molecule has 0 aromatic carbocycles. The Hall–Kier alpha value is -1.53. The highest BCUT2D eigenvalue weighted by Crippen LogP contribution is 2.50. The van der Waals surface area contributed by atoms with Crippen molar-refractivity contribution in [1.82, 2.24) is 9.97 Å². The first kappa shape index (κ1) is 13.9. The Morgan fingerprint density at radius 1 is 1.53 bits per heavy atom. The molecule has 104 valence electrons. The van der Waals surface area contributed by atoms with Gasteiger partial charge in [0.05, 0.1) is 6.10 Å². The molecular formula is C13H20N4O2. The summed E-state index contributed by atoms with van der Waals surface area (Å²) in [6.45, 7) is 6.45. The molecule has 3 N–H and O–H groups in total. The van der Waals surface area contributed by atoms with Gasteiger partial charge in [-0.3, -0.25) is 10.1 Å². The second-order valence-corrected chi connectivity index (χ2v) is 5.37. The van der Waals surface area contributed by atoms with Crippen molar-refractivity contribution < 1.29 is 9.53 Å². The zero-order chi connectivity index (χ0) is 14.1. The lowest BCUT2D eigenvalue weighted by Gasteiger charge is -2.57. The van der Waals surface area contributed by atoms with Gasteiger partial charge in [-0.05, 0) is 13.0 Å². The fourth-order valence-electron chi connectivity index (χ4n) is 2.40. The van der Waals surface area contributed by atoms with Crippen LogP contribution in [0.4, 0.5) is 5.95 Å². The monoisotopic (exact) mass is 264 g/mol. The molecule has 6 nitrogen and oxygen atoms in total. The van der Waals surface area contributed by atoms with Crippen molar-refractivity contribution in [2.75, 3.05) is 11.9 Å². The summed E-state index contributed by atoms with van der Waals surface area (Å²) in [6, 6.07) is 1.69. The minimum absolute atomic E-state index is 0.00458. The van der Waals surface area contributed by atoms with Crippen molar-refractivity contribution in [3.8, 4) is 0 Å². The van der Waals surface area contributed by atoms with Gasteiger partial charge in [0.1, 0.15) is 5.54 Å². The van der Waals surface area contributed by atoms with Gasteiger partial charge in [0.2, 0.25) is 11.9 Å². The largest absolute Gasteiger partial charge is 0.378 e. The van der Waals surface area contributed by atoms with Crippen molar-refractivity contribution in [1.29, 1.82) is 0 Å². The molecule has 0 spiro atoms. The van der Waals surface area contributed by atoms with Gasteiger partial charge in [-0.15, -0.1) is 0 Å². The zero-order valence-electron chi connectivity index (χ0n) is 11.5. The number of ether oxygens (including phenoxy) is 1. The summed E-state index contributed by atoms with van der Waals surface area (Å²) in [5.41, 5.74) is 4.88. The lowest BCUT2D eigenvalue weighted by molar-refractivity contribution is -0.166. The van der Waals surface area contributed by atoms with E-state index >= 15 is 0 Å². The molecule has 19 heavy (non-hydrogen) atoms. The van der Waals surface area contributed by atoms with E-state index in [1.165, 1.54) is 0 Å². The topological polar surface area (TPSA) is 90.1 Å². The van der Waals surface area contributed by atoms with Crippen LogP contribution < -0.4 is 11.1 Å². The Morgan fingerprint density at radius 3 is 2.68 bits per heavy atom. The van der Waals surface area contributed by atoms with Crippen LogP contribution in [0.15, 0.2) is 18.5 Å². The van der Waals surface area contributed by atoms with E-state index in [1.807, 2.05) is 20.8 Å². The Balaban J connectivity index is 2.08. The number of nitrogens with one attached hydrogen (secondary N) is 1. The third-order valence-electron chi connectivity index (χ3n) is 4.03. The highest BCUT2D eigenvalue weighted by atomic mass is 16.5. The van der Waals surface area contributed by atoms with E-state index in [4.69, 9.17) is 10.5 Å². The van der Waals surface area contributed by atoms with Crippen LogP contribution in [0.3, 0.4) is 0 Å². The van der Waals surface area contributed by atoms with E-state index in [1.54, 1.807) is 18.5 Å². The lowest BCUT2D eigenvalue weighted by atomic mass is 9.54. The second-order valence-electron chi connectivity index (χ2n) is 5.37. The Labute approximate surface area is 112 Å². The van der Waals surface area contributed by atoms with Gasteiger partial charge < -0.3 is 10.5 Å². The first-order valence-corrected chi connectivity index (χ1v) is 6.41. The highest BCUT2D eigenvalue weighted by molar-refractivity contribution is 5.98. The minimum Gasteiger partial charge on any atom is -0.378 e. The van der Waals surface area contributed by atoms with Gasteiger partial charge in [0, 0.05) is 30.8 Å². The Bertz CT molecular complexity index is 463. The van der Waals surface area contributed by atoms with Crippen LogP contribution in [0.2, 0.25) is 0 Å². The number of nitrogens with zero attached hydrogens (tertiary/aromatic N) is 2. The average molecular weight is 264 g/mol. The maximum absolute atomic E-state index is 12.3. The van der Waals surface area contributed by atoms with Crippen LogP contribution in [-0.4, -0.2) is 34.1 Å². The van der Waals surface area contributed by atoms with E-state index in [0.717, 1.165) is 0 Å². The van der Waals surface area contributed by atoms with Crippen molar-refractivity contribution >= 4 is 11.9 Å². The van der Waals surface area contributed by atoms with E-state index in [-0.39, 0.29) is 18.0 Å². The smallest absolute Gasteiger partial charge is 0.247 e. The molecule has 1 aromatic heterocycles. The van der Waals surface area contributed by atoms with E-state index in [0.29, 0.717) is 13.0 Å². The van der Waals surface area contributed by atoms with Gasteiger partial charge >= 0.3 is 0 Å². The number of rotatable bonds is 4. The molecule has 0 aliphatic heterocycles. The highest BCUT2D eigenvalue weighted by Gasteiger charge is 2.62. The summed E-state index contributed by atoms with van der Waals surface area (Å²) < 4.78 is 5.60. The van der Waals surface area contributed by atoms with Crippen LogP contribution in [0.1, 0.15) is 27.2 Å². The summed E-state index contributed by atoms with van der Waals surface area (Å²) in [6.07, 6.45) is 3.65. The molecule has 1 saturated carbocycles. The average Bonchev–Trinajstić information content (AvgIpc) is 2.39. The first-order chi connectivity index (χ1) is 8.91. The number of carbonyl (C=O) groups excluding carboxylic acids is 1. The molecule has 1 fully saturated rings. The first-order valence-electron chi connectivity index (χ1n) is 6.41. The molecule has 2 atom stereocenters. The summed E-state index contributed by atoms with van der Waals surface area (Å²) in [5, 5.41) is 2.66. The summed E-state index contributed by atoms with van der Waals surface area (Å²) in [7, 11) is 0. The molecule has 6 heteroatoms. The molecule has 0 radical (unpaired) electrons. The number of anilines is 1.